The Bertz CT molecular complexity index is 907. The van der Waals surface area contributed by atoms with Gasteiger partial charge in [-0.3, -0.25) is 0 Å². The molecule has 1 aliphatic carbocycles. The Labute approximate surface area is 143 Å². The fourth-order valence-electron chi connectivity index (χ4n) is 3.31. The monoisotopic (exact) mass is 318 g/mol. The first-order chi connectivity index (χ1) is 11.5. The Balaban J connectivity index is 2.00. The summed E-state index contributed by atoms with van der Waals surface area (Å²) >= 11 is 0. The topological polar surface area (TPSA) is 16.1 Å². The maximum absolute atomic E-state index is 6.32. The predicted molar refractivity (Wildman–Crippen MR) is 99.1 cm³/mol. The first-order valence-corrected chi connectivity index (χ1v) is 8.74. The second-order valence-electron chi connectivity index (χ2n) is 7.66. The van der Waals surface area contributed by atoms with Crippen molar-refractivity contribution in [3.05, 3.63) is 65.5 Å². The van der Waals surface area contributed by atoms with E-state index in [4.69, 9.17) is 4.42 Å². The minimum Gasteiger partial charge on any atom is -0.456 e. The molecule has 3 aliphatic rings. The van der Waals surface area contributed by atoms with E-state index in [1.54, 1.807) is 0 Å². The Kier molecular flexibility index (Phi) is 3.56. The van der Waals surface area contributed by atoms with Crippen LogP contribution in [-0.4, -0.2) is 13.1 Å². The van der Waals surface area contributed by atoms with E-state index in [9.17, 15) is 0 Å². The van der Waals surface area contributed by atoms with Crippen LogP contribution < -0.4 is 9.93 Å². The van der Waals surface area contributed by atoms with E-state index in [-0.39, 0.29) is 5.41 Å². The standard InChI is InChI=1S/C22H24NO/c1-22(2,3)19-15-20(16-8-5-4-6-9-16)24-21-14-17(10-11-18(19)21)23-12-7-13-23/h4-6,8-11,14-15H,7,12-13H2,1-3H3/q+1. The summed E-state index contributed by atoms with van der Waals surface area (Å²) in [6.07, 6.45) is 1.28. The van der Waals surface area contributed by atoms with Crippen LogP contribution in [-0.2, 0) is 5.41 Å². The van der Waals surface area contributed by atoms with Crippen molar-refractivity contribution < 1.29 is 4.42 Å². The molecule has 2 aliphatic heterocycles. The van der Waals surface area contributed by atoms with Crippen molar-refractivity contribution in [1.29, 1.82) is 0 Å². The molecule has 0 spiro atoms. The molecule has 122 valence electrons. The van der Waals surface area contributed by atoms with Crippen LogP contribution in [0.15, 0.2) is 59.0 Å². The SMILES string of the molecule is CC(C)(C)c1cc(-c2ccccc2)oc2cc(=[N+]3CCC3)ccc1-2. The first-order valence-electron chi connectivity index (χ1n) is 8.74. The minimum absolute atomic E-state index is 0.0663. The number of benzene rings is 2. The van der Waals surface area contributed by atoms with Gasteiger partial charge in [-0.05, 0) is 23.1 Å². The maximum Gasteiger partial charge on any atom is 0.203 e. The lowest BCUT2D eigenvalue weighted by Crippen LogP contribution is -2.40. The third-order valence-corrected chi connectivity index (χ3v) is 4.84. The molecule has 24 heavy (non-hydrogen) atoms. The summed E-state index contributed by atoms with van der Waals surface area (Å²) in [4.78, 5) is 0. The summed E-state index contributed by atoms with van der Waals surface area (Å²) in [5.41, 5.74) is 3.74. The molecule has 2 heteroatoms. The maximum atomic E-state index is 6.32. The van der Waals surface area contributed by atoms with E-state index in [1.807, 2.05) is 6.07 Å². The van der Waals surface area contributed by atoms with Crippen molar-refractivity contribution in [1.82, 2.24) is 4.58 Å². The molecular formula is C22H24NO+. The molecule has 2 nitrogen and oxygen atoms in total. The predicted octanol–water partition coefficient (Wildman–Crippen LogP) is 4.52. The van der Waals surface area contributed by atoms with Gasteiger partial charge in [0.1, 0.15) is 24.6 Å². The summed E-state index contributed by atoms with van der Waals surface area (Å²) in [5, 5.41) is 1.27. The Morgan fingerprint density at radius 1 is 0.875 bits per heavy atom. The summed E-state index contributed by atoms with van der Waals surface area (Å²) in [6.45, 7) is 9.09. The van der Waals surface area contributed by atoms with E-state index in [2.05, 4.69) is 73.9 Å². The summed E-state index contributed by atoms with van der Waals surface area (Å²) < 4.78 is 8.72. The smallest absolute Gasteiger partial charge is 0.203 e. The second kappa shape index (κ2) is 5.62. The average molecular weight is 318 g/mol. The van der Waals surface area contributed by atoms with Crippen LogP contribution in [0.5, 0.6) is 0 Å². The van der Waals surface area contributed by atoms with Gasteiger partial charge in [0.25, 0.3) is 0 Å². The number of fused-ring (bicyclic) bond motifs is 1. The molecule has 0 N–H and O–H groups in total. The molecule has 0 aromatic heterocycles. The molecule has 0 bridgehead atoms. The lowest BCUT2D eigenvalue weighted by Gasteiger charge is -2.24. The molecule has 1 fully saturated rings. The summed E-state index contributed by atoms with van der Waals surface area (Å²) in [6, 6.07) is 19.2. The average Bonchev–Trinajstić information content (AvgIpc) is 2.52. The van der Waals surface area contributed by atoms with E-state index >= 15 is 0 Å². The summed E-state index contributed by atoms with van der Waals surface area (Å²) in [7, 11) is 0. The highest BCUT2D eigenvalue weighted by molar-refractivity contribution is 5.70. The van der Waals surface area contributed by atoms with Gasteiger partial charge in [0.2, 0.25) is 5.36 Å². The highest BCUT2D eigenvalue weighted by atomic mass is 16.3. The van der Waals surface area contributed by atoms with E-state index in [0.717, 1.165) is 30.2 Å². The van der Waals surface area contributed by atoms with Gasteiger partial charge in [0.05, 0.1) is 12.5 Å². The number of hydrogen-bond donors (Lipinski definition) is 0. The van der Waals surface area contributed by atoms with Crippen LogP contribution in [0.4, 0.5) is 0 Å². The Hall–Kier alpha value is -2.35. The zero-order valence-corrected chi connectivity index (χ0v) is 14.7. The van der Waals surface area contributed by atoms with Crippen molar-refractivity contribution in [2.24, 2.45) is 0 Å². The van der Waals surface area contributed by atoms with Crippen molar-refractivity contribution in [3.63, 3.8) is 0 Å². The van der Waals surface area contributed by atoms with Crippen molar-refractivity contribution >= 4 is 0 Å². The highest BCUT2D eigenvalue weighted by Crippen LogP contribution is 2.37. The van der Waals surface area contributed by atoms with Crippen molar-refractivity contribution in [2.75, 3.05) is 13.1 Å². The molecule has 4 rings (SSSR count). The molecule has 1 aromatic carbocycles. The molecule has 0 unspecified atom stereocenters. The molecule has 2 heterocycles. The lowest BCUT2D eigenvalue weighted by atomic mass is 9.82. The highest BCUT2D eigenvalue weighted by Gasteiger charge is 2.24. The minimum atomic E-state index is 0.0663. The molecule has 0 radical (unpaired) electrons. The molecule has 0 saturated carbocycles. The van der Waals surface area contributed by atoms with Gasteiger partial charge in [0.15, 0.2) is 0 Å². The van der Waals surface area contributed by atoms with Crippen LogP contribution in [0.3, 0.4) is 0 Å². The largest absolute Gasteiger partial charge is 0.456 e. The first kappa shape index (κ1) is 15.2. The van der Waals surface area contributed by atoms with Crippen LogP contribution in [0.25, 0.3) is 22.6 Å². The van der Waals surface area contributed by atoms with Gasteiger partial charge in [0, 0.05) is 17.2 Å². The van der Waals surface area contributed by atoms with Crippen LogP contribution in [0.1, 0.15) is 32.8 Å². The van der Waals surface area contributed by atoms with Crippen molar-refractivity contribution in [3.8, 4) is 22.6 Å². The number of hydrogen-bond acceptors (Lipinski definition) is 1. The summed E-state index contributed by atoms with van der Waals surface area (Å²) in [5.74, 6) is 1.92. The zero-order valence-electron chi connectivity index (χ0n) is 14.7. The molecule has 1 saturated heterocycles. The van der Waals surface area contributed by atoms with Gasteiger partial charge in [-0.1, -0.05) is 51.1 Å². The fourth-order valence-corrected chi connectivity index (χ4v) is 3.31. The van der Waals surface area contributed by atoms with Crippen molar-refractivity contribution in [2.45, 2.75) is 32.6 Å². The van der Waals surface area contributed by atoms with Gasteiger partial charge in [-0.15, -0.1) is 0 Å². The van der Waals surface area contributed by atoms with E-state index < -0.39 is 0 Å². The second-order valence-corrected chi connectivity index (χ2v) is 7.66. The third-order valence-electron chi connectivity index (χ3n) is 4.84. The van der Waals surface area contributed by atoms with Gasteiger partial charge in [-0.2, -0.15) is 0 Å². The zero-order chi connectivity index (χ0) is 16.7. The van der Waals surface area contributed by atoms with Crippen LogP contribution in [0, 0.1) is 0 Å². The number of rotatable bonds is 1. The molecule has 0 atom stereocenters. The molecular weight excluding hydrogens is 294 g/mol. The molecule has 1 aromatic rings. The normalized spacial score (nSPS) is 14.7. The lowest BCUT2D eigenvalue weighted by molar-refractivity contribution is 0.432. The van der Waals surface area contributed by atoms with Gasteiger partial charge >= 0.3 is 0 Å². The Morgan fingerprint density at radius 3 is 2.25 bits per heavy atom. The fraction of sp³-hybridized carbons (Fsp3) is 0.318. The van der Waals surface area contributed by atoms with E-state index in [0.29, 0.717) is 0 Å². The van der Waals surface area contributed by atoms with Gasteiger partial charge in [-0.25, -0.2) is 4.58 Å². The Morgan fingerprint density at radius 2 is 1.62 bits per heavy atom. The number of nitrogens with zero attached hydrogens (tertiary/aromatic N) is 1. The molecule has 0 amide bonds. The van der Waals surface area contributed by atoms with Crippen LogP contribution in [0.2, 0.25) is 0 Å². The third kappa shape index (κ3) is 2.66. The van der Waals surface area contributed by atoms with Gasteiger partial charge < -0.3 is 4.42 Å². The van der Waals surface area contributed by atoms with E-state index in [1.165, 1.54) is 22.9 Å². The quantitative estimate of drug-likeness (QED) is 0.602. The van der Waals surface area contributed by atoms with Crippen LogP contribution >= 0.6 is 0 Å².